The Morgan fingerprint density at radius 2 is 1.97 bits per heavy atom. The van der Waals surface area contributed by atoms with E-state index in [0.717, 1.165) is 57.1 Å². The second kappa shape index (κ2) is 10.7. The number of nitrogens with zero attached hydrogens (tertiary/aromatic N) is 2. The molecule has 0 spiro atoms. The van der Waals surface area contributed by atoms with Crippen molar-refractivity contribution in [1.82, 2.24) is 4.98 Å². The first-order valence-corrected chi connectivity index (χ1v) is 12.6. The lowest BCUT2D eigenvalue weighted by Crippen LogP contribution is -2.40. The van der Waals surface area contributed by atoms with E-state index >= 15 is 0 Å². The van der Waals surface area contributed by atoms with Gasteiger partial charge in [-0.15, -0.1) is 11.3 Å². The number of aldehydes is 1. The summed E-state index contributed by atoms with van der Waals surface area (Å²) in [5.41, 5.74) is 4.38. The molecule has 0 radical (unpaired) electrons. The number of thiazole rings is 1. The Bertz CT molecular complexity index is 1080. The number of fused-ring (bicyclic) bond motifs is 1. The zero-order valence-electron chi connectivity index (χ0n) is 20.7. The van der Waals surface area contributed by atoms with E-state index < -0.39 is 5.60 Å². The number of nitrogens with one attached hydrogen (secondary N) is 1. The Balaban J connectivity index is 2.07. The van der Waals surface area contributed by atoms with Gasteiger partial charge in [-0.05, 0) is 74.9 Å². The molecule has 3 rings (SSSR count). The largest absolute Gasteiger partial charge is 0.389 e. The molecule has 0 fully saturated rings. The van der Waals surface area contributed by atoms with Crippen molar-refractivity contribution in [2.75, 3.05) is 23.3 Å². The standard InChI is InChI=1S/C27H37N3O2S/c1-7-20(12-13-31)21-8-11-25(30(16-18(2)3)17-27(5,6)32)24(14-21)29-22-9-10-23-26(15-22)33-19(4)28-23/h8-11,13-15,18,20,29,32H,7,12,16-17H2,1-6H3. The second-order valence-corrected chi connectivity index (χ2v) is 11.1. The first kappa shape index (κ1) is 25.2. The maximum atomic E-state index is 11.2. The Kier molecular flexibility index (Phi) is 8.14. The maximum Gasteiger partial charge on any atom is 0.120 e. The lowest BCUT2D eigenvalue weighted by molar-refractivity contribution is -0.108. The summed E-state index contributed by atoms with van der Waals surface area (Å²) in [6.45, 7) is 13.6. The molecule has 0 amide bonds. The van der Waals surface area contributed by atoms with Gasteiger partial charge in [0.25, 0.3) is 0 Å². The van der Waals surface area contributed by atoms with Gasteiger partial charge in [-0.3, -0.25) is 0 Å². The quantitative estimate of drug-likeness (QED) is 0.309. The third-order valence-electron chi connectivity index (χ3n) is 5.64. The number of aromatic nitrogens is 1. The lowest BCUT2D eigenvalue weighted by Gasteiger charge is -2.34. The molecule has 1 unspecified atom stereocenters. The van der Waals surface area contributed by atoms with Crippen molar-refractivity contribution in [2.45, 2.75) is 65.9 Å². The van der Waals surface area contributed by atoms with Crippen LogP contribution >= 0.6 is 11.3 Å². The molecule has 33 heavy (non-hydrogen) atoms. The van der Waals surface area contributed by atoms with E-state index in [-0.39, 0.29) is 5.92 Å². The van der Waals surface area contributed by atoms with Crippen LogP contribution in [0, 0.1) is 12.8 Å². The van der Waals surface area contributed by atoms with Gasteiger partial charge in [0.15, 0.2) is 0 Å². The molecule has 1 heterocycles. The van der Waals surface area contributed by atoms with Gasteiger partial charge < -0.3 is 20.1 Å². The van der Waals surface area contributed by atoms with Gasteiger partial charge in [-0.1, -0.05) is 26.8 Å². The third kappa shape index (κ3) is 6.78. The second-order valence-electron chi connectivity index (χ2n) is 9.91. The summed E-state index contributed by atoms with van der Waals surface area (Å²) in [6.07, 6.45) is 2.43. The van der Waals surface area contributed by atoms with E-state index in [1.54, 1.807) is 11.3 Å². The number of hydrogen-bond acceptors (Lipinski definition) is 6. The number of anilines is 3. The Morgan fingerprint density at radius 1 is 1.21 bits per heavy atom. The predicted octanol–water partition coefficient (Wildman–Crippen LogP) is 6.66. The molecular formula is C27H37N3O2S. The van der Waals surface area contributed by atoms with E-state index in [2.05, 4.69) is 72.4 Å². The summed E-state index contributed by atoms with van der Waals surface area (Å²) in [6, 6.07) is 12.7. The highest BCUT2D eigenvalue weighted by Gasteiger charge is 2.23. The monoisotopic (exact) mass is 467 g/mol. The van der Waals surface area contributed by atoms with Gasteiger partial charge >= 0.3 is 0 Å². The molecule has 0 saturated carbocycles. The fourth-order valence-corrected chi connectivity index (χ4v) is 5.13. The minimum Gasteiger partial charge on any atom is -0.389 e. The number of hydrogen-bond donors (Lipinski definition) is 2. The molecule has 2 N–H and O–H groups in total. The van der Waals surface area contributed by atoms with Crippen molar-refractivity contribution < 1.29 is 9.90 Å². The molecule has 0 aliphatic heterocycles. The number of rotatable bonds is 11. The molecule has 0 aliphatic rings. The van der Waals surface area contributed by atoms with Crippen molar-refractivity contribution in [3.63, 3.8) is 0 Å². The summed E-state index contributed by atoms with van der Waals surface area (Å²) in [5.74, 6) is 0.631. The molecule has 0 bridgehead atoms. The molecule has 5 nitrogen and oxygen atoms in total. The zero-order chi connectivity index (χ0) is 24.2. The van der Waals surface area contributed by atoms with E-state index in [1.807, 2.05) is 20.8 Å². The summed E-state index contributed by atoms with van der Waals surface area (Å²) >= 11 is 1.69. The molecular weight excluding hydrogens is 430 g/mol. The SMILES string of the molecule is CCC(CC=O)c1ccc(N(CC(C)C)CC(C)(C)O)c(Nc2ccc3nc(C)sc3c2)c1. The van der Waals surface area contributed by atoms with Crippen molar-refractivity contribution in [2.24, 2.45) is 5.92 Å². The Hall–Kier alpha value is -2.44. The van der Waals surface area contributed by atoms with Crippen LogP contribution < -0.4 is 10.2 Å². The van der Waals surface area contributed by atoms with Crippen LogP contribution in [-0.2, 0) is 4.79 Å². The van der Waals surface area contributed by atoms with Crippen molar-refractivity contribution in [3.05, 3.63) is 47.0 Å². The molecule has 1 aromatic heterocycles. The van der Waals surface area contributed by atoms with Gasteiger partial charge in [-0.2, -0.15) is 0 Å². The molecule has 0 aliphatic carbocycles. The summed E-state index contributed by atoms with van der Waals surface area (Å²) < 4.78 is 1.15. The van der Waals surface area contributed by atoms with E-state index in [1.165, 1.54) is 0 Å². The first-order chi connectivity index (χ1) is 15.6. The highest BCUT2D eigenvalue weighted by molar-refractivity contribution is 7.18. The molecule has 2 aromatic carbocycles. The summed E-state index contributed by atoms with van der Waals surface area (Å²) in [5, 5.41) is 15.3. The average molecular weight is 468 g/mol. The number of aliphatic hydroxyl groups is 1. The predicted molar refractivity (Wildman–Crippen MR) is 141 cm³/mol. The van der Waals surface area contributed by atoms with E-state index in [9.17, 15) is 9.90 Å². The van der Waals surface area contributed by atoms with Crippen LogP contribution in [0.1, 0.15) is 63.9 Å². The lowest BCUT2D eigenvalue weighted by atomic mass is 9.92. The fourth-order valence-electron chi connectivity index (χ4n) is 4.27. The minimum atomic E-state index is -0.826. The van der Waals surface area contributed by atoms with Crippen LogP contribution in [0.3, 0.4) is 0 Å². The van der Waals surface area contributed by atoms with Gasteiger partial charge in [-0.25, -0.2) is 4.98 Å². The van der Waals surface area contributed by atoms with Crippen LogP contribution in [-0.4, -0.2) is 35.1 Å². The number of carbonyl (C=O) groups is 1. The summed E-state index contributed by atoms with van der Waals surface area (Å²) in [7, 11) is 0. The Labute approximate surface area is 201 Å². The first-order valence-electron chi connectivity index (χ1n) is 11.8. The number of aryl methyl sites for hydroxylation is 1. The topological polar surface area (TPSA) is 65.5 Å². The molecule has 178 valence electrons. The van der Waals surface area contributed by atoms with Crippen LogP contribution in [0.5, 0.6) is 0 Å². The molecule has 0 saturated heterocycles. The van der Waals surface area contributed by atoms with Crippen molar-refractivity contribution in [3.8, 4) is 0 Å². The molecule has 1 atom stereocenters. The van der Waals surface area contributed by atoms with Crippen LogP contribution in [0.2, 0.25) is 0 Å². The van der Waals surface area contributed by atoms with Crippen molar-refractivity contribution in [1.29, 1.82) is 0 Å². The van der Waals surface area contributed by atoms with Gasteiger partial charge in [0, 0.05) is 25.2 Å². The zero-order valence-corrected chi connectivity index (χ0v) is 21.5. The van der Waals surface area contributed by atoms with Crippen molar-refractivity contribution >= 4 is 44.9 Å². The maximum absolute atomic E-state index is 11.2. The normalized spacial score (nSPS) is 12.8. The van der Waals surface area contributed by atoms with E-state index in [0.29, 0.717) is 18.9 Å². The molecule has 3 aromatic rings. The highest BCUT2D eigenvalue weighted by atomic mass is 32.1. The number of benzene rings is 2. The van der Waals surface area contributed by atoms with Gasteiger partial charge in [0.2, 0.25) is 0 Å². The van der Waals surface area contributed by atoms with E-state index in [4.69, 9.17) is 0 Å². The van der Waals surface area contributed by atoms with Crippen LogP contribution in [0.4, 0.5) is 17.1 Å². The van der Waals surface area contributed by atoms with Gasteiger partial charge in [0.05, 0.1) is 32.2 Å². The van der Waals surface area contributed by atoms with Crippen LogP contribution in [0.25, 0.3) is 10.2 Å². The number of carbonyl (C=O) groups excluding carboxylic acids is 1. The average Bonchev–Trinajstić information content (AvgIpc) is 3.09. The highest BCUT2D eigenvalue weighted by Crippen LogP contribution is 2.36. The molecule has 6 heteroatoms. The smallest absolute Gasteiger partial charge is 0.120 e. The Morgan fingerprint density at radius 3 is 2.61 bits per heavy atom. The summed E-state index contributed by atoms with van der Waals surface area (Å²) in [4.78, 5) is 18.1. The van der Waals surface area contributed by atoms with Gasteiger partial charge in [0.1, 0.15) is 6.29 Å². The minimum absolute atomic E-state index is 0.191. The van der Waals surface area contributed by atoms with Crippen LogP contribution in [0.15, 0.2) is 36.4 Å². The third-order valence-corrected chi connectivity index (χ3v) is 6.58. The fraction of sp³-hybridized carbons (Fsp3) is 0.481.